The predicted octanol–water partition coefficient (Wildman–Crippen LogP) is 1.09. The quantitative estimate of drug-likeness (QED) is 0.460. The Morgan fingerprint density at radius 1 is 1.44 bits per heavy atom. The molecule has 0 fully saturated rings. The molecule has 0 atom stereocenters. The minimum atomic E-state index is 0.795. The van der Waals surface area contributed by atoms with Crippen LogP contribution < -0.4 is 5.73 Å². The summed E-state index contributed by atoms with van der Waals surface area (Å²) >= 11 is 1.88. The van der Waals surface area contributed by atoms with E-state index in [0.29, 0.717) is 0 Å². The first kappa shape index (κ1) is 8.87. The average Bonchev–Trinajstić information content (AvgIpc) is 1.89. The van der Waals surface area contributed by atoms with E-state index in [1.54, 1.807) is 0 Å². The maximum atomic E-state index is 5.29. The van der Waals surface area contributed by atoms with Gasteiger partial charge >= 0.3 is 0 Å². The van der Waals surface area contributed by atoms with Gasteiger partial charge in [-0.1, -0.05) is 0 Å². The fourth-order valence-electron chi connectivity index (χ4n) is 0.419. The third-order valence-electron chi connectivity index (χ3n) is 0.884. The van der Waals surface area contributed by atoms with Crippen molar-refractivity contribution < 1.29 is 0 Å². The Balaban J connectivity index is 2.69. The van der Waals surface area contributed by atoms with Crippen molar-refractivity contribution in [3.8, 4) is 12.3 Å². The van der Waals surface area contributed by atoms with Crippen molar-refractivity contribution in [1.29, 1.82) is 0 Å². The van der Waals surface area contributed by atoms with E-state index < -0.39 is 0 Å². The second kappa shape index (κ2) is 7.87. The zero-order valence-corrected chi connectivity index (χ0v) is 6.41. The van der Waals surface area contributed by atoms with Gasteiger partial charge in [0.25, 0.3) is 0 Å². The van der Waals surface area contributed by atoms with Gasteiger partial charge in [0.1, 0.15) is 0 Å². The molecule has 0 aliphatic heterocycles. The molecule has 0 spiro atoms. The monoisotopic (exact) mass is 143 g/mol. The molecule has 2 heteroatoms. The van der Waals surface area contributed by atoms with Crippen LogP contribution in [0.5, 0.6) is 0 Å². The molecule has 0 rings (SSSR count). The second-order valence-electron chi connectivity index (χ2n) is 1.71. The van der Waals surface area contributed by atoms with Gasteiger partial charge in [0.15, 0.2) is 0 Å². The van der Waals surface area contributed by atoms with E-state index in [2.05, 4.69) is 5.92 Å². The molecule has 0 unspecified atom stereocenters. The Morgan fingerprint density at radius 3 is 2.78 bits per heavy atom. The summed E-state index contributed by atoms with van der Waals surface area (Å²) in [7, 11) is 0. The molecule has 0 saturated carbocycles. The van der Waals surface area contributed by atoms with Crippen molar-refractivity contribution in [1.82, 2.24) is 0 Å². The van der Waals surface area contributed by atoms with Crippen LogP contribution in [0.25, 0.3) is 0 Å². The van der Waals surface area contributed by atoms with Gasteiger partial charge < -0.3 is 5.73 Å². The lowest BCUT2D eigenvalue weighted by Crippen LogP contribution is -1.99. The predicted molar refractivity (Wildman–Crippen MR) is 44.4 cm³/mol. The Morgan fingerprint density at radius 2 is 2.22 bits per heavy atom. The molecular formula is C7H13NS. The number of thioether (sulfide) groups is 1. The summed E-state index contributed by atoms with van der Waals surface area (Å²) in [5.41, 5.74) is 5.29. The zero-order chi connectivity index (χ0) is 6.95. The van der Waals surface area contributed by atoms with Crippen molar-refractivity contribution in [3.63, 3.8) is 0 Å². The zero-order valence-electron chi connectivity index (χ0n) is 5.60. The lowest BCUT2D eigenvalue weighted by atomic mass is 10.5. The van der Waals surface area contributed by atoms with Gasteiger partial charge in [0.2, 0.25) is 0 Å². The molecule has 0 amide bonds. The third kappa shape index (κ3) is 7.87. The highest BCUT2D eigenvalue weighted by molar-refractivity contribution is 7.99. The van der Waals surface area contributed by atoms with E-state index in [9.17, 15) is 0 Å². The van der Waals surface area contributed by atoms with Crippen molar-refractivity contribution in [2.45, 2.75) is 12.8 Å². The third-order valence-corrected chi connectivity index (χ3v) is 1.95. The van der Waals surface area contributed by atoms with Gasteiger partial charge in [0.05, 0.1) is 0 Å². The molecule has 0 aliphatic rings. The minimum absolute atomic E-state index is 0.795. The summed E-state index contributed by atoms with van der Waals surface area (Å²) in [6.07, 6.45) is 7.05. The van der Waals surface area contributed by atoms with Crippen molar-refractivity contribution in [3.05, 3.63) is 0 Å². The number of nitrogens with two attached hydrogens (primary N) is 1. The Labute approximate surface area is 61.4 Å². The van der Waals surface area contributed by atoms with Crippen LogP contribution >= 0.6 is 11.8 Å². The largest absolute Gasteiger partial charge is 0.330 e. The summed E-state index contributed by atoms with van der Waals surface area (Å²) in [6, 6.07) is 0. The Kier molecular flexibility index (Phi) is 7.76. The highest BCUT2D eigenvalue weighted by Crippen LogP contribution is 2.02. The highest BCUT2D eigenvalue weighted by Gasteiger charge is 1.84. The maximum Gasteiger partial charge on any atom is 0.0177 e. The van der Waals surface area contributed by atoms with Crippen LogP contribution in [0, 0.1) is 12.3 Å². The smallest absolute Gasteiger partial charge is 0.0177 e. The van der Waals surface area contributed by atoms with E-state index in [4.69, 9.17) is 12.2 Å². The maximum absolute atomic E-state index is 5.29. The van der Waals surface area contributed by atoms with E-state index in [1.807, 2.05) is 11.8 Å². The molecule has 0 saturated heterocycles. The Hall–Kier alpha value is -0.130. The molecule has 0 heterocycles. The molecule has 0 aromatic carbocycles. The molecule has 1 nitrogen and oxygen atoms in total. The van der Waals surface area contributed by atoms with Gasteiger partial charge in [-0.15, -0.1) is 12.3 Å². The van der Waals surface area contributed by atoms with Crippen LogP contribution in [0.4, 0.5) is 0 Å². The van der Waals surface area contributed by atoms with Crippen LogP contribution in [-0.4, -0.2) is 18.1 Å². The topological polar surface area (TPSA) is 26.0 Å². The summed E-state index contributed by atoms with van der Waals surface area (Å²) in [5, 5.41) is 0. The minimum Gasteiger partial charge on any atom is -0.330 e. The van der Waals surface area contributed by atoms with Gasteiger partial charge in [-0.2, -0.15) is 11.8 Å². The first-order valence-electron chi connectivity index (χ1n) is 3.13. The first-order valence-corrected chi connectivity index (χ1v) is 4.28. The van der Waals surface area contributed by atoms with Crippen molar-refractivity contribution in [2.75, 3.05) is 18.1 Å². The van der Waals surface area contributed by atoms with E-state index in [1.165, 1.54) is 0 Å². The van der Waals surface area contributed by atoms with Crippen LogP contribution in [0.3, 0.4) is 0 Å². The number of hydrogen-bond donors (Lipinski definition) is 1. The van der Waals surface area contributed by atoms with Gasteiger partial charge in [0, 0.05) is 12.2 Å². The molecule has 9 heavy (non-hydrogen) atoms. The van der Waals surface area contributed by atoms with Crippen LogP contribution in [0.15, 0.2) is 0 Å². The van der Waals surface area contributed by atoms with E-state index >= 15 is 0 Å². The average molecular weight is 143 g/mol. The molecular weight excluding hydrogens is 130 g/mol. The number of hydrogen-bond acceptors (Lipinski definition) is 2. The summed E-state index contributed by atoms with van der Waals surface area (Å²) in [6.45, 7) is 0.795. The lowest BCUT2D eigenvalue weighted by Gasteiger charge is -1.94. The highest BCUT2D eigenvalue weighted by atomic mass is 32.2. The van der Waals surface area contributed by atoms with Gasteiger partial charge in [-0.3, -0.25) is 0 Å². The second-order valence-corrected chi connectivity index (χ2v) is 2.93. The van der Waals surface area contributed by atoms with E-state index in [-0.39, 0.29) is 0 Å². The van der Waals surface area contributed by atoms with E-state index in [0.717, 1.165) is 30.9 Å². The SMILES string of the molecule is C#CCCSCCCN. The molecule has 0 aromatic rings. The number of rotatable bonds is 5. The molecule has 0 radical (unpaired) electrons. The lowest BCUT2D eigenvalue weighted by molar-refractivity contribution is 0.942. The first-order chi connectivity index (χ1) is 4.41. The molecule has 52 valence electrons. The molecule has 0 aliphatic carbocycles. The molecule has 0 aromatic heterocycles. The van der Waals surface area contributed by atoms with Crippen LogP contribution in [0.1, 0.15) is 12.8 Å². The van der Waals surface area contributed by atoms with Gasteiger partial charge in [-0.05, 0) is 18.7 Å². The summed E-state index contributed by atoms with van der Waals surface area (Å²) in [4.78, 5) is 0. The van der Waals surface area contributed by atoms with Crippen molar-refractivity contribution in [2.24, 2.45) is 5.73 Å². The fraction of sp³-hybridized carbons (Fsp3) is 0.714. The fourth-order valence-corrected chi connectivity index (χ4v) is 1.26. The standard InChI is InChI=1S/C7H13NS/c1-2-3-6-9-7-4-5-8/h1H,3-8H2. The molecule has 0 bridgehead atoms. The normalized spacial score (nSPS) is 8.89. The Bertz CT molecular complexity index is 85.4. The van der Waals surface area contributed by atoms with Crippen LogP contribution in [0.2, 0.25) is 0 Å². The summed E-state index contributed by atoms with van der Waals surface area (Å²) < 4.78 is 0. The molecule has 2 N–H and O–H groups in total. The van der Waals surface area contributed by atoms with Crippen molar-refractivity contribution >= 4 is 11.8 Å². The summed E-state index contributed by atoms with van der Waals surface area (Å²) in [5.74, 6) is 4.82. The van der Waals surface area contributed by atoms with Crippen LogP contribution in [-0.2, 0) is 0 Å². The van der Waals surface area contributed by atoms with Gasteiger partial charge in [-0.25, -0.2) is 0 Å². The number of terminal acetylenes is 1.